The van der Waals surface area contributed by atoms with Crippen molar-refractivity contribution in [1.82, 2.24) is 5.32 Å². The summed E-state index contributed by atoms with van der Waals surface area (Å²) in [6.07, 6.45) is 0. The average molecular weight is 250 g/mol. The first-order valence-electron chi connectivity index (χ1n) is 5.78. The molecule has 18 heavy (non-hydrogen) atoms. The van der Waals surface area contributed by atoms with Crippen LogP contribution in [0.5, 0.6) is 0 Å². The molecule has 0 bridgehead atoms. The Labute approximate surface area is 107 Å². The van der Waals surface area contributed by atoms with Crippen LogP contribution in [-0.4, -0.2) is 32.1 Å². The Morgan fingerprint density at radius 3 is 2.67 bits per heavy atom. The topological polar surface area (TPSA) is 67.4 Å². The number of esters is 1. The van der Waals surface area contributed by atoms with Crippen LogP contribution in [-0.2, 0) is 9.53 Å². The van der Waals surface area contributed by atoms with Crippen LogP contribution < -0.4 is 10.6 Å². The molecule has 98 valence electrons. The lowest BCUT2D eigenvalue weighted by Crippen LogP contribution is -2.28. The number of anilines is 1. The number of carbonyl (C=O) groups excluding carboxylic acids is 2. The van der Waals surface area contributed by atoms with Gasteiger partial charge in [-0.2, -0.15) is 0 Å². The number of hydrogen-bond donors (Lipinski definition) is 2. The zero-order valence-electron chi connectivity index (χ0n) is 10.9. The maximum Gasteiger partial charge on any atom is 0.339 e. The lowest BCUT2D eigenvalue weighted by molar-refractivity contribution is -0.115. The molecule has 2 N–H and O–H groups in total. The molecule has 0 unspecified atom stereocenters. The van der Waals surface area contributed by atoms with Gasteiger partial charge in [-0.15, -0.1) is 0 Å². The molecule has 1 rings (SSSR count). The van der Waals surface area contributed by atoms with Crippen LogP contribution >= 0.6 is 0 Å². The second-order valence-corrected chi connectivity index (χ2v) is 3.87. The molecule has 0 radical (unpaired) electrons. The third-order valence-corrected chi connectivity index (χ3v) is 2.39. The van der Waals surface area contributed by atoms with Gasteiger partial charge in [0.25, 0.3) is 0 Å². The van der Waals surface area contributed by atoms with Gasteiger partial charge in [-0.1, -0.05) is 18.6 Å². The molecule has 0 aromatic heterocycles. The van der Waals surface area contributed by atoms with E-state index in [1.165, 1.54) is 7.11 Å². The van der Waals surface area contributed by atoms with Crippen LogP contribution in [0.3, 0.4) is 0 Å². The van der Waals surface area contributed by atoms with E-state index < -0.39 is 5.97 Å². The highest BCUT2D eigenvalue weighted by molar-refractivity contribution is 6.01. The molecule has 0 aliphatic carbocycles. The summed E-state index contributed by atoms with van der Waals surface area (Å²) in [4.78, 5) is 23.2. The Kier molecular flexibility index (Phi) is 5.32. The fourth-order valence-corrected chi connectivity index (χ4v) is 1.48. The first kappa shape index (κ1) is 14.2. The number of rotatable bonds is 5. The second kappa shape index (κ2) is 6.76. The smallest absolute Gasteiger partial charge is 0.339 e. The monoisotopic (exact) mass is 250 g/mol. The lowest BCUT2D eigenvalue weighted by atomic mass is 10.1. The van der Waals surface area contributed by atoms with Gasteiger partial charge in [-0.25, -0.2) is 4.79 Å². The molecule has 0 heterocycles. The highest BCUT2D eigenvalue weighted by Gasteiger charge is 2.13. The van der Waals surface area contributed by atoms with Crippen molar-refractivity contribution in [3.05, 3.63) is 29.3 Å². The van der Waals surface area contributed by atoms with Crippen molar-refractivity contribution >= 4 is 17.6 Å². The Morgan fingerprint density at radius 2 is 2.06 bits per heavy atom. The number of aryl methyl sites for hydroxylation is 1. The number of carbonyl (C=O) groups is 2. The van der Waals surface area contributed by atoms with Crippen molar-refractivity contribution < 1.29 is 14.3 Å². The van der Waals surface area contributed by atoms with Crippen LogP contribution in [0.15, 0.2) is 18.2 Å². The van der Waals surface area contributed by atoms with E-state index in [-0.39, 0.29) is 12.5 Å². The van der Waals surface area contributed by atoms with Gasteiger partial charge in [-0.05, 0) is 25.6 Å². The van der Waals surface area contributed by atoms with Crippen LogP contribution in [0.4, 0.5) is 5.69 Å². The summed E-state index contributed by atoms with van der Waals surface area (Å²) in [5.74, 6) is -0.650. The van der Waals surface area contributed by atoms with Gasteiger partial charge >= 0.3 is 5.97 Å². The van der Waals surface area contributed by atoms with Gasteiger partial charge in [-0.3, -0.25) is 4.79 Å². The maximum atomic E-state index is 11.6. The molecule has 1 amide bonds. The van der Waals surface area contributed by atoms with Gasteiger partial charge in [0, 0.05) is 0 Å². The normalized spacial score (nSPS) is 9.94. The van der Waals surface area contributed by atoms with E-state index in [9.17, 15) is 9.59 Å². The minimum Gasteiger partial charge on any atom is -0.465 e. The Morgan fingerprint density at radius 1 is 1.33 bits per heavy atom. The van der Waals surface area contributed by atoms with E-state index in [2.05, 4.69) is 15.4 Å². The number of nitrogens with one attached hydrogen (secondary N) is 2. The van der Waals surface area contributed by atoms with Crippen LogP contribution in [0.2, 0.25) is 0 Å². The standard InChI is InChI=1S/C13H18N2O3/c1-4-14-8-12(16)15-11-6-5-9(2)7-10(11)13(17)18-3/h5-7,14H,4,8H2,1-3H3,(H,15,16). The fraction of sp³-hybridized carbons (Fsp3) is 0.385. The fourth-order valence-electron chi connectivity index (χ4n) is 1.48. The quantitative estimate of drug-likeness (QED) is 0.774. The lowest BCUT2D eigenvalue weighted by Gasteiger charge is -2.10. The number of ether oxygens (including phenoxy) is 1. The maximum absolute atomic E-state index is 11.6. The first-order valence-corrected chi connectivity index (χ1v) is 5.78. The molecular weight excluding hydrogens is 232 g/mol. The first-order chi connectivity index (χ1) is 8.58. The summed E-state index contributed by atoms with van der Waals surface area (Å²) in [5, 5.41) is 5.60. The Bertz CT molecular complexity index is 444. The largest absolute Gasteiger partial charge is 0.465 e. The minimum absolute atomic E-state index is 0.189. The number of likely N-dealkylation sites (N-methyl/N-ethyl adjacent to an activating group) is 1. The van der Waals surface area contributed by atoms with Crippen LogP contribution in [0.25, 0.3) is 0 Å². The van der Waals surface area contributed by atoms with Crippen molar-refractivity contribution in [2.45, 2.75) is 13.8 Å². The molecule has 1 aromatic rings. The number of hydrogen-bond acceptors (Lipinski definition) is 4. The highest BCUT2D eigenvalue weighted by atomic mass is 16.5. The van der Waals surface area contributed by atoms with Crippen molar-refractivity contribution in [3.63, 3.8) is 0 Å². The van der Waals surface area contributed by atoms with E-state index in [4.69, 9.17) is 0 Å². The molecule has 0 spiro atoms. The van der Waals surface area contributed by atoms with E-state index in [0.29, 0.717) is 17.8 Å². The molecule has 0 saturated carbocycles. The van der Waals surface area contributed by atoms with Gasteiger partial charge in [0.15, 0.2) is 0 Å². The number of amides is 1. The van der Waals surface area contributed by atoms with Crippen molar-refractivity contribution in [1.29, 1.82) is 0 Å². The van der Waals surface area contributed by atoms with Gasteiger partial charge in [0.2, 0.25) is 5.91 Å². The summed E-state index contributed by atoms with van der Waals surface area (Å²) in [6.45, 7) is 4.71. The third kappa shape index (κ3) is 3.85. The molecule has 0 saturated heterocycles. The Hall–Kier alpha value is -1.88. The average Bonchev–Trinajstić information content (AvgIpc) is 2.37. The van der Waals surface area contributed by atoms with Gasteiger partial charge < -0.3 is 15.4 Å². The summed E-state index contributed by atoms with van der Waals surface area (Å²) in [7, 11) is 1.31. The minimum atomic E-state index is -0.461. The summed E-state index contributed by atoms with van der Waals surface area (Å²) < 4.78 is 4.69. The summed E-state index contributed by atoms with van der Waals surface area (Å²) >= 11 is 0. The van der Waals surface area contributed by atoms with Gasteiger partial charge in [0.1, 0.15) is 0 Å². The zero-order valence-corrected chi connectivity index (χ0v) is 10.9. The molecule has 0 aliphatic heterocycles. The molecule has 0 fully saturated rings. The third-order valence-electron chi connectivity index (χ3n) is 2.39. The van der Waals surface area contributed by atoms with E-state index in [1.807, 2.05) is 19.9 Å². The second-order valence-electron chi connectivity index (χ2n) is 3.87. The molecule has 5 nitrogen and oxygen atoms in total. The Balaban J connectivity index is 2.87. The van der Waals surface area contributed by atoms with E-state index >= 15 is 0 Å². The predicted molar refractivity (Wildman–Crippen MR) is 69.7 cm³/mol. The predicted octanol–water partition coefficient (Wildman–Crippen LogP) is 1.33. The van der Waals surface area contributed by atoms with E-state index in [1.54, 1.807) is 12.1 Å². The summed E-state index contributed by atoms with van der Waals surface area (Å²) in [6, 6.07) is 5.22. The van der Waals surface area contributed by atoms with E-state index in [0.717, 1.165) is 5.56 Å². The molecule has 5 heteroatoms. The zero-order chi connectivity index (χ0) is 13.5. The number of benzene rings is 1. The SMILES string of the molecule is CCNCC(=O)Nc1ccc(C)cc1C(=O)OC. The summed E-state index contributed by atoms with van der Waals surface area (Å²) in [5.41, 5.74) is 1.76. The van der Waals surface area contributed by atoms with Crippen molar-refractivity contribution in [2.24, 2.45) is 0 Å². The van der Waals surface area contributed by atoms with Gasteiger partial charge in [0.05, 0.1) is 24.9 Å². The molecule has 0 aliphatic rings. The van der Waals surface area contributed by atoms with Crippen molar-refractivity contribution in [2.75, 3.05) is 25.5 Å². The van der Waals surface area contributed by atoms with Crippen LogP contribution in [0.1, 0.15) is 22.8 Å². The molecule has 0 atom stereocenters. The molecule has 1 aromatic carbocycles. The van der Waals surface area contributed by atoms with Crippen LogP contribution in [0, 0.1) is 6.92 Å². The molecular formula is C13H18N2O3. The van der Waals surface area contributed by atoms with Crippen molar-refractivity contribution in [3.8, 4) is 0 Å². The number of methoxy groups -OCH3 is 1. The highest BCUT2D eigenvalue weighted by Crippen LogP contribution is 2.18.